The van der Waals surface area contributed by atoms with E-state index < -0.39 is 37.3 Å². The Morgan fingerprint density at radius 3 is 2.48 bits per heavy atom. The van der Waals surface area contributed by atoms with Gasteiger partial charge in [0.1, 0.15) is 31.5 Å². The molecule has 0 spiro atoms. The van der Waals surface area contributed by atoms with Crippen molar-refractivity contribution >= 4 is 23.1 Å². The molecule has 0 amide bonds. The molecule has 3 aromatic rings. The van der Waals surface area contributed by atoms with E-state index >= 15 is 0 Å². The second-order valence-electron chi connectivity index (χ2n) is 7.93. The second-order valence-corrected chi connectivity index (χ2v) is 7.93. The molecule has 1 aromatic heterocycles. The van der Waals surface area contributed by atoms with Crippen LogP contribution in [-0.4, -0.2) is 64.8 Å². The van der Waals surface area contributed by atoms with Gasteiger partial charge in [-0.1, -0.05) is 18.2 Å². The van der Waals surface area contributed by atoms with Crippen LogP contribution in [0.5, 0.6) is 11.5 Å². The number of aliphatic hydroxyl groups is 4. The molecule has 4 rings (SSSR count). The van der Waals surface area contributed by atoms with Crippen molar-refractivity contribution in [2.45, 2.75) is 30.7 Å². The van der Waals surface area contributed by atoms with Crippen molar-refractivity contribution in [2.24, 2.45) is 7.05 Å². The highest BCUT2D eigenvalue weighted by molar-refractivity contribution is 5.77. The molecule has 2 heterocycles. The minimum atomic E-state index is -1.52. The number of aryl methyl sites for hydroxylation is 1. The van der Waals surface area contributed by atoms with Crippen molar-refractivity contribution in [1.82, 2.24) is 0 Å². The number of rotatable bonds is 6. The zero-order valence-corrected chi connectivity index (χ0v) is 18.4. The highest BCUT2D eigenvalue weighted by Crippen LogP contribution is 2.32. The van der Waals surface area contributed by atoms with Crippen molar-refractivity contribution in [1.29, 1.82) is 0 Å². The van der Waals surface area contributed by atoms with Crippen LogP contribution in [0, 0.1) is 0 Å². The number of para-hydroxylation sites is 1. The average molecular weight is 454 g/mol. The molecule has 33 heavy (non-hydrogen) atoms. The summed E-state index contributed by atoms with van der Waals surface area (Å²) in [5, 5.41) is 40.6. The van der Waals surface area contributed by atoms with Crippen molar-refractivity contribution in [3.05, 3.63) is 65.9 Å². The van der Waals surface area contributed by atoms with Crippen molar-refractivity contribution in [3.8, 4) is 11.5 Å². The van der Waals surface area contributed by atoms with Crippen LogP contribution in [0.2, 0.25) is 0 Å². The third-order valence-electron chi connectivity index (χ3n) is 5.84. The first-order chi connectivity index (χ1) is 15.9. The summed E-state index contributed by atoms with van der Waals surface area (Å²) >= 11 is 0. The third kappa shape index (κ3) is 4.71. The van der Waals surface area contributed by atoms with Gasteiger partial charge in [-0.2, -0.15) is 4.57 Å². The summed E-state index contributed by atoms with van der Waals surface area (Å²) in [6.07, 6.45) is -2.85. The summed E-state index contributed by atoms with van der Waals surface area (Å²) in [6, 6.07) is 17.5. The number of aliphatic hydroxyl groups excluding tert-OH is 4. The zero-order chi connectivity index (χ0) is 23.5. The van der Waals surface area contributed by atoms with Crippen LogP contribution in [0.3, 0.4) is 0 Å². The Bertz CT molecular complexity index is 1150. The summed E-state index contributed by atoms with van der Waals surface area (Å²) in [4.78, 5) is 0. The van der Waals surface area contributed by atoms with Gasteiger partial charge in [0, 0.05) is 23.6 Å². The molecular formula is C25H28NO7+. The Hall–Kier alpha value is -3.01. The smallest absolute Gasteiger partial charge is 0.229 e. The minimum Gasteiger partial charge on any atom is -0.493 e. The number of benzene rings is 2. The molecule has 0 unspecified atom stereocenters. The maximum absolute atomic E-state index is 10.2. The number of nitrogens with zero attached hydrogens (tertiary/aromatic N) is 1. The summed E-state index contributed by atoms with van der Waals surface area (Å²) in [5.41, 5.74) is 3.01. The van der Waals surface area contributed by atoms with E-state index in [4.69, 9.17) is 14.2 Å². The van der Waals surface area contributed by atoms with Crippen LogP contribution in [0.1, 0.15) is 11.3 Å². The highest BCUT2D eigenvalue weighted by atomic mass is 16.7. The van der Waals surface area contributed by atoms with E-state index in [9.17, 15) is 20.4 Å². The minimum absolute atomic E-state index is 0.287. The van der Waals surface area contributed by atoms with Crippen LogP contribution in [0.15, 0.2) is 54.6 Å². The Balaban J connectivity index is 1.54. The number of methoxy groups -OCH3 is 1. The Labute approximate surface area is 191 Å². The first kappa shape index (κ1) is 23.2. The Morgan fingerprint density at radius 2 is 1.73 bits per heavy atom. The van der Waals surface area contributed by atoms with Crippen LogP contribution >= 0.6 is 0 Å². The predicted molar refractivity (Wildman–Crippen MR) is 121 cm³/mol. The van der Waals surface area contributed by atoms with E-state index in [2.05, 4.69) is 22.8 Å². The lowest BCUT2D eigenvalue weighted by atomic mass is 9.99. The number of fused-ring (bicyclic) bond motifs is 1. The first-order valence-corrected chi connectivity index (χ1v) is 10.6. The van der Waals surface area contributed by atoms with Crippen LogP contribution in [0.25, 0.3) is 23.1 Å². The van der Waals surface area contributed by atoms with Gasteiger partial charge in [0.05, 0.1) is 13.7 Å². The number of hydrogen-bond donors (Lipinski definition) is 4. The quantitative estimate of drug-likeness (QED) is 0.412. The summed E-state index contributed by atoms with van der Waals surface area (Å²) in [6.45, 7) is -0.530. The molecule has 1 aliphatic heterocycles. The van der Waals surface area contributed by atoms with E-state index in [0.717, 1.165) is 22.2 Å². The molecule has 2 aromatic carbocycles. The van der Waals surface area contributed by atoms with Crippen LogP contribution in [-0.2, 0) is 11.8 Å². The molecule has 1 aliphatic rings. The van der Waals surface area contributed by atoms with E-state index in [1.165, 1.54) is 7.11 Å². The summed E-state index contributed by atoms with van der Waals surface area (Å²) in [5.74, 6) is 0.687. The molecule has 8 nitrogen and oxygen atoms in total. The van der Waals surface area contributed by atoms with Crippen LogP contribution in [0.4, 0.5) is 0 Å². The standard InChI is InChI=1S/C25H28NO7/c1-26-17(11-9-16-5-3-4-6-18(16)26)10-7-15-8-12-19(20(13-15)31-2)32-25-24(30)23(29)22(28)21(14-27)33-25/h3-13,21-25,27-30H,14H2,1-2H3/q+1/t21-,22+,23+,24-,25-/m1/s1. The van der Waals surface area contributed by atoms with Gasteiger partial charge in [0.2, 0.25) is 17.5 Å². The van der Waals surface area contributed by atoms with Gasteiger partial charge >= 0.3 is 0 Å². The zero-order valence-electron chi connectivity index (χ0n) is 18.4. The van der Waals surface area contributed by atoms with Gasteiger partial charge in [-0.3, -0.25) is 0 Å². The number of aromatic nitrogens is 1. The predicted octanol–water partition coefficient (Wildman–Crippen LogP) is 1.02. The van der Waals surface area contributed by atoms with Gasteiger partial charge in [0.25, 0.3) is 0 Å². The second kappa shape index (κ2) is 9.86. The first-order valence-electron chi connectivity index (χ1n) is 10.6. The number of hydrogen-bond acceptors (Lipinski definition) is 7. The molecule has 0 saturated carbocycles. The molecule has 4 N–H and O–H groups in total. The lowest BCUT2D eigenvalue weighted by Gasteiger charge is -2.39. The molecule has 0 bridgehead atoms. The van der Waals surface area contributed by atoms with E-state index in [1.54, 1.807) is 12.1 Å². The summed E-state index contributed by atoms with van der Waals surface area (Å²) < 4.78 is 18.7. The topological polar surface area (TPSA) is 112 Å². The van der Waals surface area contributed by atoms with Gasteiger partial charge in [-0.05, 0) is 35.9 Å². The SMILES string of the molecule is COc1cc(C=Cc2ccc3ccccc3[n+]2C)ccc1O[C@@H]1O[C@H](CO)[C@H](O)[C@H](O)[C@H]1O. The summed E-state index contributed by atoms with van der Waals surface area (Å²) in [7, 11) is 3.51. The molecular weight excluding hydrogens is 426 g/mol. The number of pyridine rings is 1. The lowest BCUT2D eigenvalue weighted by Crippen LogP contribution is -2.60. The average Bonchev–Trinajstić information content (AvgIpc) is 2.84. The molecule has 0 aliphatic carbocycles. The van der Waals surface area contributed by atoms with E-state index in [0.29, 0.717) is 5.75 Å². The maximum Gasteiger partial charge on any atom is 0.229 e. The van der Waals surface area contributed by atoms with Gasteiger partial charge in [0.15, 0.2) is 11.5 Å². The fraction of sp³-hybridized carbons (Fsp3) is 0.320. The normalized spacial score (nSPS) is 25.5. The van der Waals surface area contributed by atoms with Gasteiger partial charge in [-0.25, -0.2) is 0 Å². The van der Waals surface area contributed by atoms with Crippen LogP contribution < -0.4 is 14.0 Å². The molecule has 1 saturated heterocycles. The lowest BCUT2D eigenvalue weighted by molar-refractivity contribution is -0.646. The molecule has 174 valence electrons. The number of ether oxygens (including phenoxy) is 3. The molecule has 5 atom stereocenters. The maximum atomic E-state index is 10.2. The van der Waals surface area contributed by atoms with Gasteiger partial charge < -0.3 is 34.6 Å². The van der Waals surface area contributed by atoms with Crippen molar-refractivity contribution in [2.75, 3.05) is 13.7 Å². The Kier molecular flexibility index (Phi) is 6.92. The molecule has 0 radical (unpaired) electrons. The fourth-order valence-corrected chi connectivity index (χ4v) is 3.88. The van der Waals surface area contributed by atoms with Gasteiger partial charge in [-0.15, -0.1) is 0 Å². The highest BCUT2D eigenvalue weighted by Gasteiger charge is 2.44. The van der Waals surface area contributed by atoms with E-state index in [1.807, 2.05) is 43.5 Å². The van der Waals surface area contributed by atoms with E-state index in [-0.39, 0.29) is 5.75 Å². The monoisotopic (exact) mass is 454 g/mol. The third-order valence-corrected chi connectivity index (χ3v) is 5.84. The largest absolute Gasteiger partial charge is 0.493 e. The fourth-order valence-electron chi connectivity index (χ4n) is 3.88. The molecule has 8 heteroatoms. The Morgan fingerprint density at radius 1 is 0.939 bits per heavy atom. The molecule has 1 fully saturated rings. The van der Waals surface area contributed by atoms with Crippen molar-refractivity contribution in [3.63, 3.8) is 0 Å². The van der Waals surface area contributed by atoms with Crippen molar-refractivity contribution < 1.29 is 39.2 Å².